The molecule has 1 saturated heterocycles. The van der Waals surface area contributed by atoms with Crippen LogP contribution in [0.15, 0.2) is 24.5 Å². The van der Waals surface area contributed by atoms with Crippen molar-refractivity contribution >= 4 is 11.0 Å². The summed E-state index contributed by atoms with van der Waals surface area (Å²) >= 11 is 0. The molecule has 3 nitrogen and oxygen atoms in total. The van der Waals surface area contributed by atoms with Crippen LogP contribution < -0.4 is 5.32 Å². The van der Waals surface area contributed by atoms with Gasteiger partial charge in [-0.2, -0.15) is 0 Å². The van der Waals surface area contributed by atoms with E-state index in [0.29, 0.717) is 6.04 Å². The molecule has 2 aromatic heterocycles. The molecule has 2 aromatic rings. The summed E-state index contributed by atoms with van der Waals surface area (Å²) in [7, 11) is 0. The summed E-state index contributed by atoms with van der Waals surface area (Å²) in [6.45, 7) is 1.13. The van der Waals surface area contributed by atoms with E-state index >= 15 is 0 Å². The zero-order chi connectivity index (χ0) is 8.67. The molecule has 0 bridgehead atoms. The van der Waals surface area contributed by atoms with Gasteiger partial charge in [-0.1, -0.05) is 0 Å². The van der Waals surface area contributed by atoms with Crippen LogP contribution in [0.5, 0.6) is 0 Å². The first-order chi connectivity index (χ1) is 6.43. The largest absolute Gasteiger partial charge is 0.346 e. The van der Waals surface area contributed by atoms with Gasteiger partial charge < -0.3 is 10.3 Å². The van der Waals surface area contributed by atoms with E-state index in [-0.39, 0.29) is 0 Å². The molecule has 0 spiro atoms. The first kappa shape index (κ1) is 7.09. The van der Waals surface area contributed by atoms with E-state index in [1.165, 1.54) is 17.4 Å². The van der Waals surface area contributed by atoms with Crippen molar-refractivity contribution < 1.29 is 0 Å². The van der Waals surface area contributed by atoms with Gasteiger partial charge in [-0.3, -0.25) is 0 Å². The van der Waals surface area contributed by atoms with E-state index in [2.05, 4.69) is 27.4 Å². The number of hydrogen-bond donors (Lipinski definition) is 2. The molecule has 0 amide bonds. The van der Waals surface area contributed by atoms with Gasteiger partial charge in [0.15, 0.2) is 0 Å². The van der Waals surface area contributed by atoms with Gasteiger partial charge in [0.25, 0.3) is 0 Å². The van der Waals surface area contributed by atoms with Crippen LogP contribution in [0.1, 0.15) is 18.0 Å². The summed E-state index contributed by atoms with van der Waals surface area (Å²) in [5, 5.41) is 4.57. The molecule has 1 atom stereocenters. The minimum atomic E-state index is 0.534. The van der Waals surface area contributed by atoms with E-state index in [1.807, 2.05) is 12.4 Å². The van der Waals surface area contributed by atoms with E-state index in [1.54, 1.807) is 0 Å². The Bertz CT molecular complexity index is 428. The van der Waals surface area contributed by atoms with Gasteiger partial charge in [0.2, 0.25) is 0 Å². The van der Waals surface area contributed by atoms with Crippen molar-refractivity contribution in [3.8, 4) is 0 Å². The lowest BCUT2D eigenvalue weighted by molar-refractivity contribution is 0.383. The maximum atomic E-state index is 4.35. The second kappa shape index (κ2) is 2.57. The van der Waals surface area contributed by atoms with Crippen molar-refractivity contribution in [3.63, 3.8) is 0 Å². The molecular formula is C10H11N3. The maximum Gasteiger partial charge on any atom is 0.137 e. The normalized spacial score (nSPS) is 21.7. The molecule has 0 radical (unpaired) electrons. The van der Waals surface area contributed by atoms with Crippen molar-refractivity contribution in [1.29, 1.82) is 0 Å². The highest BCUT2D eigenvalue weighted by Crippen LogP contribution is 2.24. The molecule has 66 valence electrons. The number of aromatic amines is 1. The van der Waals surface area contributed by atoms with Gasteiger partial charge in [0.05, 0.1) is 0 Å². The summed E-state index contributed by atoms with van der Waals surface area (Å²) in [6, 6.07) is 4.80. The minimum Gasteiger partial charge on any atom is -0.346 e. The lowest BCUT2D eigenvalue weighted by Gasteiger charge is -2.27. The number of nitrogens with zero attached hydrogens (tertiary/aromatic N) is 1. The Morgan fingerprint density at radius 2 is 2.38 bits per heavy atom. The Labute approximate surface area is 76.2 Å². The number of H-pyrrole nitrogens is 1. The average Bonchev–Trinajstić information content (AvgIpc) is 2.47. The van der Waals surface area contributed by atoms with Crippen LogP contribution in [0.4, 0.5) is 0 Å². The van der Waals surface area contributed by atoms with E-state index in [9.17, 15) is 0 Å². The van der Waals surface area contributed by atoms with Crippen LogP contribution in [0, 0.1) is 0 Å². The fourth-order valence-corrected chi connectivity index (χ4v) is 1.72. The molecule has 0 aliphatic carbocycles. The van der Waals surface area contributed by atoms with Gasteiger partial charge in [0.1, 0.15) is 5.65 Å². The van der Waals surface area contributed by atoms with Crippen LogP contribution in [0.3, 0.4) is 0 Å². The van der Waals surface area contributed by atoms with Crippen molar-refractivity contribution in [3.05, 3.63) is 30.1 Å². The standard InChI is InChI=1S/C10H11N3/c1-3-12-10-7(1)5-8(6-13-10)9-2-4-11-9/h1,3,5-6,9,11H,2,4H2,(H,12,13). The van der Waals surface area contributed by atoms with Crippen LogP contribution >= 0.6 is 0 Å². The summed E-state index contributed by atoms with van der Waals surface area (Å²) in [4.78, 5) is 7.44. The Morgan fingerprint density at radius 1 is 1.46 bits per heavy atom. The van der Waals surface area contributed by atoms with E-state index < -0.39 is 0 Å². The van der Waals surface area contributed by atoms with Gasteiger partial charge >= 0.3 is 0 Å². The van der Waals surface area contributed by atoms with Crippen LogP contribution in [0.25, 0.3) is 11.0 Å². The number of pyridine rings is 1. The molecule has 13 heavy (non-hydrogen) atoms. The van der Waals surface area contributed by atoms with Crippen LogP contribution in [-0.4, -0.2) is 16.5 Å². The fraction of sp³-hybridized carbons (Fsp3) is 0.300. The van der Waals surface area contributed by atoms with Crippen molar-refractivity contribution in [2.45, 2.75) is 12.5 Å². The SMILES string of the molecule is c1cc2cc(C3CCN3)cnc2[nH]1. The highest BCUT2D eigenvalue weighted by Gasteiger charge is 2.18. The topological polar surface area (TPSA) is 40.7 Å². The second-order valence-corrected chi connectivity index (χ2v) is 3.48. The maximum absolute atomic E-state index is 4.35. The molecule has 1 unspecified atom stereocenters. The Hall–Kier alpha value is -1.35. The third-order valence-electron chi connectivity index (χ3n) is 2.65. The molecule has 1 aliphatic heterocycles. The number of aromatic nitrogens is 2. The first-order valence-electron chi connectivity index (χ1n) is 4.60. The zero-order valence-electron chi connectivity index (χ0n) is 7.25. The van der Waals surface area contributed by atoms with Crippen LogP contribution in [0.2, 0.25) is 0 Å². The average molecular weight is 173 g/mol. The molecule has 1 aliphatic rings. The summed E-state index contributed by atoms with van der Waals surface area (Å²) in [5.41, 5.74) is 2.28. The number of rotatable bonds is 1. The monoisotopic (exact) mass is 173 g/mol. The summed E-state index contributed by atoms with van der Waals surface area (Å²) in [5.74, 6) is 0. The Balaban J connectivity index is 2.09. The predicted octanol–water partition coefficient (Wildman–Crippen LogP) is 1.60. The highest BCUT2D eigenvalue weighted by atomic mass is 15.0. The van der Waals surface area contributed by atoms with Gasteiger partial charge in [-0.05, 0) is 30.7 Å². The Morgan fingerprint density at radius 3 is 3.15 bits per heavy atom. The molecule has 1 fully saturated rings. The zero-order valence-corrected chi connectivity index (χ0v) is 7.25. The molecule has 0 aromatic carbocycles. The van der Waals surface area contributed by atoms with E-state index in [0.717, 1.165) is 12.2 Å². The fourth-order valence-electron chi connectivity index (χ4n) is 1.72. The molecule has 2 N–H and O–H groups in total. The lowest BCUT2D eigenvalue weighted by atomic mass is 9.99. The third-order valence-corrected chi connectivity index (χ3v) is 2.65. The van der Waals surface area contributed by atoms with E-state index in [4.69, 9.17) is 0 Å². The second-order valence-electron chi connectivity index (χ2n) is 3.48. The van der Waals surface area contributed by atoms with Crippen molar-refractivity contribution in [2.24, 2.45) is 0 Å². The van der Waals surface area contributed by atoms with Gasteiger partial charge in [0, 0.05) is 23.8 Å². The smallest absolute Gasteiger partial charge is 0.137 e. The van der Waals surface area contributed by atoms with Crippen molar-refractivity contribution in [2.75, 3.05) is 6.54 Å². The summed E-state index contributed by atoms with van der Waals surface area (Å²) < 4.78 is 0. The minimum absolute atomic E-state index is 0.534. The molecule has 3 heterocycles. The number of nitrogens with one attached hydrogen (secondary N) is 2. The van der Waals surface area contributed by atoms with Crippen molar-refractivity contribution in [1.82, 2.24) is 15.3 Å². The highest BCUT2D eigenvalue weighted by molar-refractivity contribution is 5.75. The third kappa shape index (κ3) is 1.04. The molecule has 3 heteroatoms. The quantitative estimate of drug-likeness (QED) is 0.687. The predicted molar refractivity (Wildman–Crippen MR) is 51.5 cm³/mol. The number of fused-ring (bicyclic) bond motifs is 1. The summed E-state index contributed by atoms with van der Waals surface area (Å²) in [6.07, 6.45) is 5.11. The lowest BCUT2D eigenvalue weighted by Crippen LogP contribution is -2.34. The Kier molecular flexibility index (Phi) is 1.40. The van der Waals surface area contributed by atoms with Crippen LogP contribution in [-0.2, 0) is 0 Å². The molecule has 3 rings (SSSR count). The number of hydrogen-bond acceptors (Lipinski definition) is 2. The first-order valence-corrected chi connectivity index (χ1v) is 4.60. The molecule has 0 saturated carbocycles. The molecular weight excluding hydrogens is 162 g/mol. The van der Waals surface area contributed by atoms with Gasteiger partial charge in [-0.25, -0.2) is 4.98 Å². The van der Waals surface area contributed by atoms with Gasteiger partial charge in [-0.15, -0.1) is 0 Å².